The Morgan fingerprint density at radius 2 is 2.15 bits per heavy atom. The van der Waals surface area contributed by atoms with Gasteiger partial charge in [0.1, 0.15) is 0 Å². The zero-order valence-electron chi connectivity index (χ0n) is 15.1. The maximum absolute atomic E-state index is 12.7. The first-order chi connectivity index (χ1) is 12.6. The molecular formula is C19H26N4O3. The molecular weight excluding hydrogens is 332 g/mol. The molecule has 7 heteroatoms. The van der Waals surface area contributed by atoms with E-state index in [0.717, 1.165) is 19.3 Å². The second-order valence-corrected chi connectivity index (χ2v) is 6.85. The molecule has 0 aliphatic carbocycles. The largest absolute Gasteiger partial charge is 0.379 e. The average molecular weight is 358 g/mol. The molecule has 1 amide bonds. The minimum Gasteiger partial charge on any atom is -0.379 e. The van der Waals surface area contributed by atoms with Crippen molar-refractivity contribution >= 4 is 5.91 Å². The van der Waals surface area contributed by atoms with Crippen molar-refractivity contribution in [3.05, 3.63) is 47.6 Å². The predicted molar refractivity (Wildman–Crippen MR) is 96.3 cm³/mol. The molecule has 1 fully saturated rings. The van der Waals surface area contributed by atoms with Gasteiger partial charge in [-0.25, -0.2) is 0 Å². The molecule has 140 valence electrons. The molecule has 3 rings (SSSR count). The Bertz CT molecular complexity index is 719. The Morgan fingerprint density at radius 3 is 2.88 bits per heavy atom. The SMILES string of the molecule is Cc1nc(CNC[C@]2(O)CCCN(CCCc3ccccc3)C2=O)no1. The van der Waals surface area contributed by atoms with E-state index in [1.54, 1.807) is 11.8 Å². The lowest BCUT2D eigenvalue weighted by Crippen LogP contribution is -2.58. The Morgan fingerprint density at radius 1 is 1.35 bits per heavy atom. The highest BCUT2D eigenvalue weighted by atomic mass is 16.5. The van der Waals surface area contributed by atoms with E-state index in [4.69, 9.17) is 4.52 Å². The topological polar surface area (TPSA) is 91.5 Å². The van der Waals surface area contributed by atoms with Crippen LogP contribution < -0.4 is 5.32 Å². The van der Waals surface area contributed by atoms with E-state index in [1.807, 2.05) is 18.2 Å². The highest BCUT2D eigenvalue weighted by Gasteiger charge is 2.41. The lowest BCUT2D eigenvalue weighted by Gasteiger charge is -2.38. The van der Waals surface area contributed by atoms with Crippen molar-refractivity contribution < 1.29 is 14.4 Å². The van der Waals surface area contributed by atoms with E-state index in [-0.39, 0.29) is 12.5 Å². The van der Waals surface area contributed by atoms with Crippen LogP contribution in [-0.2, 0) is 17.8 Å². The standard InChI is InChI=1S/C19H26N4O3/c1-15-21-17(22-26-15)13-20-14-19(25)10-6-12-23(18(19)24)11-5-9-16-7-3-2-4-8-16/h2-4,7-8,20,25H,5-6,9-14H2,1H3/t19-/m1/s1. The Labute approximate surface area is 153 Å². The summed E-state index contributed by atoms with van der Waals surface area (Å²) in [7, 11) is 0. The summed E-state index contributed by atoms with van der Waals surface area (Å²) in [6.45, 7) is 3.65. The van der Waals surface area contributed by atoms with Crippen LogP contribution in [0.1, 0.15) is 36.5 Å². The molecule has 2 aromatic rings. The number of carbonyl (C=O) groups is 1. The summed E-state index contributed by atoms with van der Waals surface area (Å²) >= 11 is 0. The maximum Gasteiger partial charge on any atom is 0.255 e. The normalized spacial score (nSPS) is 20.5. The summed E-state index contributed by atoms with van der Waals surface area (Å²) in [5.74, 6) is 0.835. The summed E-state index contributed by atoms with van der Waals surface area (Å²) in [6.07, 6.45) is 3.09. The third-order valence-electron chi connectivity index (χ3n) is 4.71. The van der Waals surface area contributed by atoms with Gasteiger partial charge in [0.25, 0.3) is 5.91 Å². The minimum absolute atomic E-state index is 0.186. The van der Waals surface area contributed by atoms with Crippen molar-refractivity contribution in [1.82, 2.24) is 20.4 Å². The predicted octanol–water partition coefficient (Wildman–Crippen LogP) is 1.45. The van der Waals surface area contributed by atoms with Crippen LogP contribution in [-0.4, -0.2) is 51.3 Å². The Kier molecular flexibility index (Phi) is 6.00. The molecule has 1 saturated heterocycles. The molecule has 0 unspecified atom stereocenters. The van der Waals surface area contributed by atoms with Gasteiger partial charge in [-0.05, 0) is 31.2 Å². The molecule has 1 aromatic carbocycles. The number of piperidine rings is 1. The van der Waals surface area contributed by atoms with E-state index in [0.29, 0.717) is 37.8 Å². The van der Waals surface area contributed by atoms with E-state index in [1.165, 1.54) is 5.56 Å². The van der Waals surface area contributed by atoms with Gasteiger partial charge in [-0.3, -0.25) is 4.79 Å². The molecule has 2 heterocycles. The van der Waals surface area contributed by atoms with Crippen LogP contribution in [0.4, 0.5) is 0 Å². The zero-order chi connectivity index (χ0) is 18.4. The fourth-order valence-electron chi connectivity index (χ4n) is 3.36. The van der Waals surface area contributed by atoms with Gasteiger partial charge < -0.3 is 19.8 Å². The fourth-order valence-corrected chi connectivity index (χ4v) is 3.36. The molecule has 1 aliphatic rings. The molecule has 1 atom stereocenters. The number of nitrogens with one attached hydrogen (secondary N) is 1. The van der Waals surface area contributed by atoms with Crippen LogP contribution in [0.3, 0.4) is 0 Å². The van der Waals surface area contributed by atoms with E-state index in [2.05, 4.69) is 27.6 Å². The van der Waals surface area contributed by atoms with Crippen molar-refractivity contribution in [3.63, 3.8) is 0 Å². The number of carbonyl (C=O) groups excluding carboxylic acids is 1. The minimum atomic E-state index is -1.36. The number of rotatable bonds is 8. The second kappa shape index (κ2) is 8.42. The van der Waals surface area contributed by atoms with Crippen molar-refractivity contribution in [3.8, 4) is 0 Å². The summed E-state index contributed by atoms with van der Waals surface area (Å²) < 4.78 is 4.91. The zero-order valence-corrected chi connectivity index (χ0v) is 15.1. The Balaban J connectivity index is 1.47. The van der Waals surface area contributed by atoms with Gasteiger partial charge in [0.2, 0.25) is 5.89 Å². The van der Waals surface area contributed by atoms with Crippen molar-refractivity contribution in [2.24, 2.45) is 0 Å². The molecule has 7 nitrogen and oxygen atoms in total. The molecule has 1 aliphatic heterocycles. The first kappa shape index (κ1) is 18.5. The van der Waals surface area contributed by atoms with Gasteiger partial charge in [0, 0.05) is 26.6 Å². The highest BCUT2D eigenvalue weighted by Crippen LogP contribution is 2.22. The smallest absolute Gasteiger partial charge is 0.255 e. The van der Waals surface area contributed by atoms with Crippen molar-refractivity contribution in [1.29, 1.82) is 0 Å². The Hall–Kier alpha value is -2.25. The average Bonchev–Trinajstić information content (AvgIpc) is 3.05. The van der Waals surface area contributed by atoms with E-state index < -0.39 is 5.60 Å². The van der Waals surface area contributed by atoms with E-state index in [9.17, 15) is 9.90 Å². The first-order valence-electron chi connectivity index (χ1n) is 9.12. The number of amides is 1. The van der Waals surface area contributed by atoms with Crippen LogP contribution in [0.2, 0.25) is 0 Å². The lowest BCUT2D eigenvalue weighted by atomic mass is 9.91. The molecule has 1 aromatic heterocycles. The van der Waals surface area contributed by atoms with Crippen molar-refractivity contribution in [2.75, 3.05) is 19.6 Å². The summed E-state index contributed by atoms with van der Waals surface area (Å²) in [6, 6.07) is 10.2. The quantitative estimate of drug-likeness (QED) is 0.742. The van der Waals surface area contributed by atoms with Gasteiger partial charge >= 0.3 is 0 Å². The van der Waals surface area contributed by atoms with Crippen LogP contribution in [0, 0.1) is 6.92 Å². The third-order valence-corrected chi connectivity index (χ3v) is 4.71. The number of aryl methyl sites for hydroxylation is 2. The van der Waals surface area contributed by atoms with Crippen LogP contribution in [0.5, 0.6) is 0 Å². The number of hydrogen-bond donors (Lipinski definition) is 2. The van der Waals surface area contributed by atoms with Gasteiger partial charge in [0.15, 0.2) is 11.4 Å². The molecule has 2 N–H and O–H groups in total. The monoisotopic (exact) mass is 358 g/mol. The number of likely N-dealkylation sites (tertiary alicyclic amines) is 1. The second-order valence-electron chi connectivity index (χ2n) is 6.85. The van der Waals surface area contributed by atoms with Crippen LogP contribution in [0.15, 0.2) is 34.9 Å². The third kappa shape index (κ3) is 4.68. The van der Waals surface area contributed by atoms with Gasteiger partial charge in [-0.1, -0.05) is 35.5 Å². The molecule has 0 radical (unpaired) electrons. The van der Waals surface area contributed by atoms with Crippen molar-refractivity contribution in [2.45, 2.75) is 44.8 Å². The molecule has 0 spiro atoms. The number of nitrogens with zero attached hydrogens (tertiary/aromatic N) is 3. The summed E-state index contributed by atoms with van der Waals surface area (Å²) in [5, 5.41) is 17.7. The molecule has 0 saturated carbocycles. The number of aliphatic hydroxyl groups is 1. The van der Waals surface area contributed by atoms with Crippen LogP contribution in [0.25, 0.3) is 0 Å². The first-order valence-corrected chi connectivity index (χ1v) is 9.12. The summed E-state index contributed by atoms with van der Waals surface area (Å²) in [4.78, 5) is 18.6. The van der Waals surface area contributed by atoms with Gasteiger partial charge in [-0.15, -0.1) is 0 Å². The summed E-state index contributed by atoms with van der Waals surface area (Å²) in [5.41, 5.74) is -0.0895. The highest BCUT2D eigenvalue weighted by molar-refractivity contribution is 5.86. The maximum atomic E-state index is 12.7. The van der Waals surface area contributed by atoms with Gasteiger partial charge in [-0.2, -0.15) is 4.98 Å². The van der Waals surface area contributed by atoms with Gasteiger partial charge in [0.05, 0.1) is 6.54 Å². The molecule has 26 heavy (non-hydrogen) atoms. The number of hydrogen-bond acceptors (Lipinski definition) is 6. The lowest BCUT2D eigenvalue weighted by molar-refractivity contribution is -0.156. The molecule has 0 bridgehead atoms. The number of aromatic nitrogens is 2. The fraction of sp³-hybridized carbons (Fsp3) is 0.526. The number of benzene rings is 1. The van der Waals surface area contributed by atoms with E-state index >= 15 is 0 Å². The van der Waals surface area contributed by atoms with Crippen LogP contribution >= 0.6 is 0 Å².